The van der Waals surface area contributed by atoms with E-state index in [-0.39, 0.29) is 30.6 Å². The fourth-order valence-electron chi connectivity index (χ4n) is 2.40. The lowest BCUT2D eigenvalue weighted by Gasteiger charge is -2.33. The number of morpholine rings is 1. The summed E-state index contributed by atoms with van der Waals surface area (Å²) < 4.78 is 10.4. The molecule has 1 unspecified atom stereocenters. The third-order valence-corrected chi connectivity index (χ3v) is 3.65. The van der Waals surface area contributed by atoms with Gasteiger partial charge in [-0.15, -0.1) is 0 Å². The monoisotopic (exact) mass is 291 g/mol. The van der Waals surface area contributed by atoms with E-state index < -0.39 is 0 Å². The van der Waals surface area contributed by atoms with E-state index in [0.29, 0.717) is 31.1 Å². The predicted octanol–water partition coefficient (Wildman–Crippen LogP) is 1.91. The SMILES string of the molecule is COc1cccc(C(=O)CCC(=O)N2CCOCC2C)c1. The summed E-state index contributed by atoms with van der Waals surface area (Å²) in [5.41, 5.74) is 0.581. The molecule has 1 fully saturated rings. The highest BCUT2D eigenvalue weighted by atomic mass is 16.5. The normalized spacial score (nSPS) is 18.4. The molecule has 0 aliphatic carbocycles. The van der Waals surface area contributed by atoms with E-state index >= 15 is 0 Å². The molecule has 1 aliphatic rings. The van der Waals surface area contributed by atoms with Crippen LogP contribution in [-0.4, -0.2) is 49.5 Å². The van der Waals surface area contributed by atoms with Gasteiger partial charge in [-0.1, -0.05) is 12.1 Å². The lowest BCUT2D eigenvalue weighted by atomic mass is 10.1. The number of ether oxygens (including phenoxy) is 2. The van der Waals surface area contributed by atoms with Crippen LogP contribution in [0, 0.1) is 0 Å². The third kappa shape index (κ3) is 4.04. The Balaban J connectivity index is 1.89. The fraction of sp³-hybridized carbons (Fsp3) is 0.500. The van der Waals surface area contributed by atoms with Crippen molar-refractivity contribution in [2.75, 3.05) is 26.9 Å². The van der Waals surface area contributed by atoms with Crippen LogP contribution in [0.3, 0.4) is 0 Å². The molecule has 5 nitrogen and oxygen atoms in total. The zero-order valence-corrected chi connectivity index (χ0v) is 12.5. The number of carbonyl (C=O) groups is 2. The minimum absolute atomic E-state index is 0.0158. The van der Waals surface area contributed by atoms with E-state index in [1.165, 1.54) is 0 Å². The van der Waals surface area contributed by atoms with E-state index in [0.717, 1.165) is 0 Å². The van der Waals surface area contributed by atoms with Crippen molar-refractivity contribution in [2.45, 2.75) is 25.8 Å². The Labute approximate surface area is 124 Å². The van der Waals surface area contributed by atoms with Gasteiger partial charge in [-0.05, 0) is 19.1 Å². The van der Waals surface area contributed by atoms with Gasteiger partial charge in [0.2, 0.25) is 5.91 Å². The molecule has 21 heavy (non-hydrogen) atoms. The summed E-state index contributed by atoms with van der Waals surface area (Å²) in [6, 6.07) is 7.09. The van der Waals surface area contributed by atoms with Crippen LogP contribution in [0.25, 0.3) is 0 Å². The smallest absolute Gasteiger partial charge is 0.223 e. The molecule has 0 bridgehead atoms. The van der Waals surface area contributed by atoms with E-state index in [1.54, 1.807) is 36.3 Å². The number of nitrogens with zero attached hydrogens (tertiary/aromatic N) is 1. The summed E-state index contributed by atoms with van der Waals surface area (Å²) in [4.78, 5) is 26.1. The second-order valence-corrected chi connectivity index (χ2v) is 5.17. The van der Waals surface area contributed by atoms with E-state index in [1.807, 2.05) is 6.92 Å². The Bertz CT molecular complexity index is 515. The predicted molar refractivity (Wildman–Crippen MR) is 78.6 cm³/mol. The molecule has 114 valence electrons. The number of rotatable bonds is 5. The van der Waals surface area contributed by atoms with Crippen molar-refractivity contribution in [2.24, 2.45) is 0 Å². The molecule has 1 saturated heterocycles. The lowest BCUT2D eigenvalue weighted by molar-refractivity contribution is -0.139. The zero-order chi connectivity index (χ0) is 15.2. The Morgan fingerprint density at radius 3 is 2.90 bits per heavy atom. The van der Waals surface area contributed by atoms with Crippen molar-refractivity contribution >= 4 is 11.7 Å². The summed E-state index contributed by atoms with van der Waals surface area (Å²) in [5, 5.41) is 0. The largest absolute Gasteiger partial charge is 0.497 e. The Morgan fingerprint density at radius 2 is 2.19 bits per heavy atom. The maximum atomic E-state index is 12.2. The first kappa shape index (κ1) is 15.5. The summed E-state index contributed by atoms with van der Waals surface area (Å²) in [5.74, 6) is 0.624. The number of carbonyl (C=O) groups excluding carboxylic acids is 2. The number of Topliss-reactive ketones (excluding diaryl/α,β-unsaturated/α-hetero) is 1. The van der Waals surface area contributed by atoms with Crippen LogP contribution < -0.4 is 4.74 Å². The van der Waals surface area contributed by atoms with E-state index in [9.17, 15) is 9.59 Å². The van der Waals surface area contributed by atoms with Gasteiger partial charge in [0.1, 0.15) is 5.75 Å². The second-order valence-electron chi connectivity index (χ2n) is 5.17. The molecular weight excluding hydrogens is 270 g/mol. The molecule has 1 amide bonds. The first-order chi connectivity index (χ1) is 10.1. The Morgan fingerprint density at radius 1 is 1.38 bits per heavy atom. The minimum Gasteiger partial charge on any atom is -0.497 e. The fourth-order valence-corrected chi connectivity index (χ4v) is 2.40. The summed E-state index contributed by atoms with van der Waals surface area (Å²) in [6.45, 7) is 3.70. The van der Waals surface area contributed by atoms with Crippen LogP contribution in [0.2, 0.25) is 0 Å². The molecule has 1 aliphatic heterocycles. The number of hydrogen-bond donors (Lipinski definition) is 0. The standard InChI is InChI=1S/C16H21NO4/c1-12-11-21-9-8-17(12)16(19)7-6-15(18)13-4-3-5-14(10-13)20-2/h3-5,10,12H,6-9,11H2,1-2H3. The van der Waals surface area contributed by atoms with Gasteiger partial charge >= 0.3 is 0 Å². The van der Waals surface area contributed by atoms with Crippen molar-refractivity contribution in [3.05, 3.63) is 29.8 Å². The molecule has 0 radical (unpaired) electrons. The molecule has 1 aromatic carbocycles. The number of benzene rings is 1. The van der Waals surface area contributed by atoms with Crippen LogP contribution in [0.4, 0.5) is 0 Å². The average Bonchev–Trinajstić information content (AvgIpc) is 2.52. The number of amides is 1. The highest BCUT2D eigenvalue weighted by Gasteiger charge is 2.24. The number of methoxy groups -OCH3 is 1. The second kappa shape index (κ2) is 7.22. The zero-order valence-electron chi connectivity index (χ0n) is 12.5. The van der Waals surface area contributed by atoms with E-state index in [2.05, 4.69) is 0 Å². The van der Waals surface area contributed by atoms with Gasteiger partial charge in [0, 0.05) is 24.9 Å². The minimum atomic E-state index is -0.0387. The summed E-state index contributed by atoms with van der Waals surface area (Å²) in [6.07, 6.45) is 0.455. The van der Waals surface area contributed by atoms with Crippen molar-refractivity contribution in [3.63, 3.8) is 0 Å². The van der Waals surface area contributed by atoms with Crippen LogP contribution in [0.5, 0.6) is 5.75 Å². The maximum Gasteiger partial charge on any atom is 0.223 e. The van der Waals surface area contributed by atoms with Crippen molar-refractivity contribution in [1.82, 2.24) is 4.90 Å². The first-order valence-corrected chi connectivity index (χ1v) is 7.16. The van der Waals surface area contributed by atoms with Crippen LogP contribution in [0.15, 0.2) is 24.3 Å². The van der Waals surface area contributed by atoms with Gasteiger partial charge in [-0.2, -0.15) is 0 Å². The molecule has 1 atom stereocenters. The van der Waals surface area contributed by atoms with Crippen molar-refractivity contribution in [1.29, 1.82) is 0 Å². The molecule has 2 rings (SSSR count). The highest BCUT2D eigenvalue weighted by molar-refractivity contribution is 5.98. The molecule has 0 aromatic heterocycles. The quantitative estimate of drug-likeness (QED) is 0.778. The van der Waals surface area contributed by atoms with Gasteiger partial charge in [0.15, 0.2) is 5.78 Å². The molecule has 0 N–H and O–H groups in total. The first-order valence-electron chi connectivity index (χ1n) is 7.16. The van der Waals surface area contributed by atoms with Crippen LogP contribution in [-0.2, 0) is 9.53 Å². The third-order valence-electron chi connectivity index (χ3n) is 3.65. The number of hydrogen-bond acceptors (Lipinski definition) is 4. The highest BCUT2D eigenvalue weighted by Crippen LogP contribution is 2.16. The molecule has 5 heteroatoms. The van der Waals surface area contributed by atoms with Gasteiger partial charge in [-0.3, -0.25) is 9.59 Å². The maximum absolute atomic E-state index is 12.2. The number of ketones is 1. The Hall–Kier alpha value is -1.88. The Kier molecular flexibility index (Phi) is 5.33. The summed E-state index contributed by atoms with van der Waals surface area (Å²) in [7, 11) is 1.56. The topological polar surface area (TPSA) is 55.8 Å². The lowest BCUT2D eigenvalue weighted by Crippen LogP contribution is -2.47. The summed E-state index contributed by atoms with van der Waals surface area (Å²) >= 11 is 0. The molecule has 0 spiro atoms. The molecule has 1 aromatic rings. The van der Waals surface area contributed by atoms with Crippen LogP contribution >= 0.6 is 0 Å². The van der Waals surface area contributed by atoms with Crippen molar-refractivity contribution in [3.8, 4) is 5.75 Å². The van der Waals surface area contributed by atoms with Crippen molar-refractivity contribution < 1.29 is 19.1 Å². The van der Waals surface area contributed by atoms with E-state index in [4.69, 9.17) is 9.47 Å². The molecule has 1 heterocycles. The van der Waals surface area contributed by atoms with Gasteiger partial charge in [0.25, 0.3) is 0 Å². The molecule has 0 saturated carbocycles. The average molecular weight is 291 g/mol. The van der Waals surface area contributed by atoms with Crippen LogP contribution in [0.1, 0.15) is 30.1 Å². The van der Waals surface area contributed by atoms with Gasteiger partial charge in [-0.25, -0.2) is 0 Å². The van der Waals surface area contributed by atoms with Gasteiger partial charge in [0.05, 0.1) is 26.4 Å². The van der Waals surface area contributed by atoms with Gasteiger partial charge < -0.3 is 14.4 Å². The molecular formula is C16H21NO4.